The van der Waals surface area contributed by atoms with Gasteiger partial charge in [-0.1, -0.05) is 13.8 Å². The molecular formula is C12H18N2O2. The molecule has 2 heterocycles. The van der Waals surface area contributed by atoms with Crippen molar-refractivity contribution in [2.75, 3.05) is 5.32 Å². The predicted octanol–water partition coefficient (Wildman–Crippen LogP) is 3.28. The van der Waals surface area contributed by atoms with E-state index in [1.165, 1.54) is 0 Å². The maximum absolute atomic E-state index is 5.50. The van der Waals surface area contributed by atoms with E-state index in [2.05, 4.69) is 10.3 Å². The Morgan fingerprint density at radius 2 is 2.06 bits per heavy atom. The van der Waals surface area contributed by atoms with Crippen molar-refractivity contribution in [3.05, 3.63) is 30.5 Å². The van der Waals surface area contributed by atoms with Gasteiger partial charge in [0.05, 0.1) is 12.0 Å². The molecule has 1 aromatic heterocycles. The van der Waals surface area contributed by atoms with Crippen LogP contribution in [0.15, 0.2) is 29.0 Å². The van der Waals surface area contributed by atoms with Crippen LogP contribution in [0.4, 0.5) is 5.69 Å². The summed E-state index contributed by atoms with van der Waals surface area (Å²) in [5.74, 6) is 1.39. The normalized spacial score (nSPS) is 15.9. The van der Waals surface area contributed by atoms with Gasteiger partial charge in [-0.2, -0.15) is 0 Å². The highest BCUT2D eigenvalue weighted by Gasteiger charge is 2.14. The van der Waals surface area contributed by atoms with E-state index in [1.54, 1.807) is 19.4 Å². The van der Waals surface area contributed by atoms with Crippen molar-refractivity contribution in [3.8, 4) is 5.75 Å². The molecule has 2 rings (SSSR count). The van der Waals surface area contributed by atoms with Crippen LogP contribution in [0.5, 0.6) is 5.75 Å². The Labute approximate surface area is 96.0 Å². The van der Waals surface area contributed by atoms with Crippen LogP contribution in [-0.2, 0) is 0 Å². The summed E-state index contributed by atoms with van der Waals surface area (Å²) < 4.78 is 10.7. The topological polar surface area (TPSA) is 47.3 Å². The Hall–Kier alpha value is -1.71. The van der Waals surface area contributed by atoms with E-state index in [1.807, 2.05) is 32.9 Å². The largest absolute Gasteiger partial charge is 0.469 e. The first-order valence-corrected chi connectivity index (χ1v) is 5.47. The van der Waals surface area contributed by atoms with Gasteiger partial charge in [0.15, 0.2) is 12.1 Å². The fraction of sp³-hybridized carbons (Fsp3) is 0.417. The number of rotatable bonds is 0. The number of anilines is 1. The first-order valence-electron chi connectivity index (χ1n) is 5.47. The highest BCUT2D eigenvalue weighted by Crippen LogP contribution is 2.28. The van der Waals surface area contributed by atoms with E-state index >= 15 is 0 Å². The molecule has 1 aromatic rings. The standard InChI is InChI=1S/C10H12N2O2.C2H6/c1-7-11-5-3-10-9(4-6-13-7)12-8(2)14-10;1-2/h3-6,8,12H,1-2H3;1-2H3. The summed E-state index contributed by atoms with van der Waals surface area (Å²) in [4.78, 5) is 4.05. The van der Waals surface area contributed by atoms with E-state index in [-0.39, 0.29) is 6.23 Å². The number of hydrogen-bond donors (Lipinski definition) is 1. The number of aromatic nitrogens is 1. The summed E-state index contributed by atoms with van der Waals surface area (Å²) in [7, 11) is 0. The molecule has 0 aromatic carbocycles. The molecule has 0 fully saturated rings. The molecule has 0 aliphatic carbocycles. The van der Waals surface area contributed by atoms with Crippen LogP contribution in [0, 0.1) is 6.92 Å². The Morgan fingerprint density at radius 1 is 1.31 bits per heavy atom. The third kappa shape index (κ3) is 3.15. The second-order valence-electron chi connectivity index (χ2n) is 3.07. The molecule has 0 saturated carbocycles. The SMILES string of the molecule is CC.Cc1nccc2c(cco1)NC(C)O2. The Balaban J connectivity index is 0.000000606. The quantitative estimate of drug-likeness (QED) is 0.731. The minimum absolute atomic E-state index is 0.00111. The minimum atomic E-state index is -0.00111. The number of nitrogens with one attached hydrogen (secondary N) is 1. The Kier molecular flexibility index (Phi) is 4.64. The van der Waals surface area contributed by atoms with E-state index in [9.17, 15) is 0 Å². The smallest absolute Gasteiger partial charge is 0.190 e. The molecule has 1 aliphatic rings. The molecular weight excluding hydrogens is 204 g/mol. The number of ether oxygens (including phenoxy) is 1. The molecule has 0 spiro atoms. The summed E-state index contributed by atoms with van der Waals surface area (Å²) in [5.41, 5.74) is 0.915. The number of hydrogen-bond acceptors (Lipinski definition) is 4. The van der Waals surface area contributed by atoms with Crippen LogP contribution in [0.3, 0.4) is 0 Å². The van der Waals surface area contributed by atoms with E-state index in [0.29, 0.717) is 5.89 Å². The number of nitrogens with zero attached hydrogens (tertiary/aromatic N) is 1. The zero-order chi connectivity index (χ0) is 12.0. The number of fused-ring (bicyclic) bond motifs is 1. The molecule has 0 radical (unpaired) electrons. The first-order chi connectivity index (χ1) is 7.75. The van der Waals surface area contributed by atoms with Crippen molar-refractivity contribution in [2.24, 2.45) is 0 Å². The zero-order valence-electron chi connectivity index (χ0n) is 10.2. The molecule has 88 valence electrons. The summed E-state index contributed by atoms with van der Waals surface area (Å²) in [6.45, 7) is 7.73. The maximum atomic E-state index is 5.50. The molecule has 0 bridgehead atoms. The molecule has 4 nitrogen and oxygen atoms in total. The lowest BCUT2D eigenvalue weighted by Gasteiger charge is -2.01. The molecule has 16 heavy (non-hydrogen) atoms. The average Bonchev–Trinajstić information content (AvgIpc) is 2.64. The van der Waals surface area contributed by atoms with E-state index in [0.717, 1.165) is 11.4 Å². The summed E-state index contributed by atoms with van der Waals surface area (Å²) in [6.07, 6.45) is 3.26. The second kappa shape index (κ2) is 6.00. The lowest BCUT2D eigenvalue weighted by atomic mass is 10.4. The van der Waals surface area contributed by atoms with Gasteiger partial charge in [0.1, 0.15) is 5.75 Å². The molecule has 0 amide bonds. The van der Waals surface area contributed by atoms with Gasteiger partial charge in [-0.05, 0) is 6.92 Å². The van der Waals surface area contributed by atoms with Gasteiger partial charge in [-0.25, -0.2) is 4.98 Å². The van der Waals surface area contributed by atoms with Gasteiger partial charge >= 0.3 is 0 Å². The fourth-order valence-electron chi connectivity index (χ4n) is 1.27. The van der Waals surface area contributed by atoms with Crippen molar-refractivity contribution >= 4 is 5.69 Å². The van der Waals surface area contributed by atoms with Crippen LogP contribution in [-0.4, -0.2) is 11.2 Å². The molecule has 0 saturated heterocycles. The van der Waals surface area contributed by atoms with Crippen LogP contribution < -0.4 is 10.1 Å². The van der Waals surface area contributed by atoms with Crippen LogP contribution >= 0.6 is 0 Å². The zero-order valence-corrected chi connectivity index (χ0v) is 10.2. The van der Waals surface area contributed by atoms with Crippen LogP contribution in [0.1, 0.15) is 26.7 Å². The van der Waals surface area contributed by atoms with Crippen molar-refractivity contribution in [1.82, 2.24) is 4.98 Å². The predicted molar refractivity (Wildman–Crippen MR) is 63.9 cm³/mol. The monoisotopic (exact) mass is 222 g/mol. The minimum Gasteiger partial charge on any atom is -0.469 e. The highest BCUT2D eigenvalue weighted by molar-refractivity contribution is 5.57. The van der Waals surface area contributed by atoms with E-state index < -0.39 is 0 Å². The molecule has 1 aliphatic heterocycles. The van der Waals surface area contributed by atoms with Crippen LogP contribution in [0.25, 0.3) is 0 Å². The van der Waals surface area contributed by atoms with Gasteiger partial charge in [0.25, 0.3) is 0 Å². The van der Waals surface area contributed by atoms with Gasteiger partial charge in [-0.3, -0.25) is 0 Å². The van der Waals surface area contributed by atoms with E-state index in [4.69, 9.17) is 9.15 Å². The molecule has 4 heteroatoms. The van der Waals surface area contributed by atoms with Gasteiger partial charge in [0, 0.05) is 25.3 Å². The molecule has 1 N–H and O–H groups in total. The second-order valence-corrected chi connectivity index (χ2v) is 3.07. The van der Waals surface area contributed by atoms with Crippen molar-refractivity contribution in [2.45, 2.75) is 33.9 Å². The Bertz CT molecular complexity index is 353. The maximum Gasteiger partial charge on any atom is 0.190 e. The van der Waals surface area contributed by atoms with Crippen molar-refractivity contribution < 1.29 is 9.15 Å². The lowest BCUT2D eigenvalue weighted by Crippen LogP contribution is -2.13. The van der Waals surface area contributed by atoms with Gasteiger partial charge < -0.3 is 14.5 Å². The molecule has 1 atom stereocenters. The Morgan fingerprint density at radius 3 is 2.81 bits per heavy atom. The fourth-order valence-corrected chi connectivity index (χ4v) is 1.27. The van der Waals surface area contributed by atoms with Gasteiger partial charge in [-0.15, -0.1) is 0 Å². The van der Waals surface area contributed by atoms with Gasteiger partial charge in [0.2, 0.25) is 0 Å². The third-order valence-electron chi connectivity index (χ3n) is 1.88. The van der Waals surface area contributed by atoms with Crippen molar-refractivity contribution in [1.29, 1.82) is 0 Å². The lowest BCUT2D eigenvalue weighted by molar-refractivity contribution is 0.275. The summed E-state index contributed by atoms with van der Waals surface area (Å²) in [5, 5.41) is 3.15. The summed E-state index contributed by atoms with van der Waals surface area (Å²) in [6, 6.07) is 3.64. The highest BCUT2D eigenvalue weighted by atomic mass is 16.5. The number of aryl methyl sites for hydroxylation is 1. The first kappa shape index (κ1) is 12.4. The molecule has 1 unspecified atom stereocenters. The third-order valence-corrected chi connectivity index (χ3v) is 1.88. The summed E-state index contributed by atoms with van der Waals surface area (Å²) >= 11 is 0. The van der Waals surface area contributed by atoms with Crippen LogP contribution in [0.2, 0.25) is 0 Å². The average molecular weight is 222 g/mol. The van der Waals surface area contributed by atoms with Crippen molar-refractivity contribution in [3.63, 3.8) is 0 Å².